The quantitative estimate of drug-likeness (QED) is 0.478. The van der Waals surface area contributed by atoms with Gasteiger partial charge in [0.15, 0.2) is 6.10 Å². The number of carbonyl (C=O) groups excluding carboxylic acids is 2. The molecule has 0 spiro atoms. The summed E-state index contributed by atoms with van der Waals surface area (Å²) in [6, 6.07) is 15.9. The van der Waals surface area contributed by atoms with Gasteiger partial charge in [-0.1, -0.05) is 61.9 Å². The number of amides is 2. The second-order valence-corrected chi connectivity index (χ2v) is 9.14. The van der Waals surface area contributed by atoms with E-state index in [4.69, 9.17) is 9.47 Å². The summed E-state index contributed by atoms with van der Waals surface area (Å²) in [7, 11) is 0. The van der Waals surface area contributed by atoms with Crippen molar-refractivity contribution in [2.45, 2.75) is 50.7 Å². The molecule has 0 unspecified atom stereocenters. The predicted molar refractivity (Wildman–Crippen MR) is 130 cm³/mol. The van der Waals surface area contributed by atoms with E-state index in [1.807, 2.05) is 31.2 Å². The number of rotatable bonds is 10. The third kappa shape index (κ3) is 5.82. The lowest BCUT2D eigenvalue weighted by atomic mass is 9.98. The van der Waals surface area contributed by atoms with E-state index in [-0.39, 0.29) is 43.4 Å². The van der Waals surface area contributed by atoms with Crippen LogP contribution in [0.25, 0.3) is 11.1 Å². The van der Waals surface area contributed by atoms with Crippen LogP contribution in [0.2, 0.25) is 0 Å². The fourth-order valence-electron chi connectivity index (χ4n) is 5.04. The zero-order valence-electron chi connectivity index (χ0n) is 19.9. The first-order valence-electron chi connectivity index (χ1n) is 12.2. The van der Waals surface area contributed by atoms with Gasteiger partial charge in [0.2, 0.25) is 5.91 Å². The van der Waals surface area contributed by atoms with Crippen molar-refractivity contribution in [3.63, 3.8) is 0 Å². The van der Waals surface area contributed by atoms with Crippen LogP contribution >= 0.6 is 0 Å². The van der Waals surface area contributed by atoms with E-state index in [2.05, 4.69) is 34.9 Å². The van der Waals surface area contributed by atoms with Gasteiger partial charge in [-0.3, -0.25) is 4.79 Å². The van der Waals surface area contributed by atoms with Gasteiger partial charge in [0, 0.05) is 37.5 Å². The Balaban J connectivity index is 1.29. The molecule has 0 aromatic heterocycles. The SMILES string of the molecule is CCC[C@@H](CC(=O)NC[C@H]1CCO[C@H]1C(=O)O)NC(=O)OCC1c2ccccc2-c2ccccc21. The molecule has 3 N–H and O–H groups in total. The fraction of sp³-hybridized carbons (Fsp3) is 0.444. The maximum atomic E-state index is 12.6. The smallest absolute Gasteiger partial charge is 0.407 e. The van der Waals surface area contributed by atoms with Crippen molar-refractivity contribution in [1.82, 2.24) is 10.6 Å². The topological polar surface area (TPSA) is 114 Å². The molecule has 8 heteroatoms. The number of benzene rings is 2. The van der Waals surface area contributed by atoms with Crippen LogP contribution < -0.4 is 10.6 Å². The van der Waals surface area contributed by atoms with Crippen molar-refractivity contribution in [1.29, 1.82) is 0 Å². The molecule has 3 atom stereocenters. The first-order chi connectivity index (χ1) is 17.0. The van der Waals surface area contributed by atoms with E-state index in [0.717, 1.165) is 28.7 Å². The predicted octanol–water partition coefficient (Wildman–Crippen LogP) is 3.69. The minimum atomic E-state index is -1.01. The van der Waals surface area contributed by atoms with Crippen LogP contribution in [0.1, 0.15) is 49.7 Å². The van der Waals surface area contributed by atoms with Gasteiger partial charge in [-0.25, -0.2) is 9.59 Å². The number of alkyl carbamates (subject to hydrolysis) is 1. The van der Waals surface area contributed by atoms with Crippen molar-refractivity contribution < 1.29 is 29.0 Å². The minimum Gasteiger partial charge on any atom is -0.479 e. The standard InChI is InChI=1S/C27H32N2O6/c1-2-7-18(14-24(30)28-15-17-12-13-34-25(17)26(31)32)29-27(33)35-16-23-21-10-5-3-8-19(21)20-9-4-6-11-22(20)23/h3-6,8-11,17-18,23,25H,2,7,12-16H2,1H3,(H,28,30)(H,29,33)(H,31,32)/t17-,18+,25-/m1/s1. The molecule has 0 bridgehead atoms. The van der Waals surface area contributed by atoms with Crippen LogP contribution in [0, 0.1) is 5.92 Å². The second kappa shape index (κ2) is 11.4. The van der Waals surface area contributed by atoms with Crippen LogP contribution in [-0.4, -0.2) is 55.0 Å². The van der Waals surface area contributed by atoms with Crippen molar-refractivity contribution in [2.24, 2.45) is 5.92 Å². The summed E-state index contributed by atoms with van der Waals surface area (Å²) in [6.07, 6.45) is 0.673. The Hall–Kier alpha value is -3.39. The molecule has 1 saturated heterocycles. The van der Waals surface area contributed by atoms with E-state index in [1.54, 1.807) is 0 Å². The highest BCUT2D eigenvalue weighted by Crippen LogP contribution is 2.44. The van der Waals surface area contributed by atoms with E-state index in [0.29, 0.717) is 19.4 Å². The average Bonchev–Trinajstić information content (AvgIpc) is 3.44. The summed E-state index contributed by atoms with van der Waals surface area (Å²) >= 11 is 0. The Morgan fingerprint density at radius 1 is 1.09 bits per heavy atom. The van der Waals surface area contributed by atoms with Crippen molar-refractivity contribution in [3.05, 3.63) is 59.7 Å². The molecule has 1 heterocycles. The van der Waals surface area contributed by atoms with Gasteiger partial charge >= 0.3 is 12.1 Å². The summed E-state index contributed by atoms with van der Waals surface area (Å²) in [5.41, 5.74) is 4.61. The summed E-state index contributed by atoms with van der Waals surface area (Å²) in [5, 5.41) is 14.8. The second-order valence-electron chi connectivity index (χ2n) is 9.14. The largest absolute Gasteiger partial charge is 0.479 e. The molecular weight excluding hydrogens is 448 g/mol. The van der Waals surface area contributed by atoms with Crippen LogP contribution in [0.5, 0.6) is 0 Å². The Labute approximate surface area is 205 Å². The van der Waals surface area contributed by atoms with E-state index in [9.17, 15) is 19.5 Å². The lowest BCUT2D eigenvalue weighted by Gasteiger charge is -2.20. The van der Waals surface area contributed by atoms with Crippen LogP contribution in [-0.2, 0) is 19.1 Å². The molecule has 8 nitrogen and oxygen atoms in total. The van der Waals surface area contributed by atoms with Crippen LogP contribution in [0.4, 0.5) is 4.79 Å². The molecular formula is C27H32N2O6. The van der Waals surface area contributed by atoms with Gasteiger partial charge in [0.1, 0.15) is 6.61 Å². The number of nitrogens with one attached hydrogen (secondary N) is 2. The Bertz CT molecular complexity index is 1030. The van der Waals surface area contributed by atoms with Gasteiger partial charge in [-0.05, 0) is 35.1 Å². The first-order valence-corrected chi connectivity index (χ1v) is 12.2. The van der Waals surface area contributed by atoms with Gasteiger partial charge in [-0.15, -0.1) is 0 Å². The molecule has 0 saturated carbocycles. The van der Waals surface area contributed by atoms with Gasteiger partial charge in [0.25, 0.3) is 0 Å². The monoisotopic (exact) mass is 480 g/mol. The summed E-state index contributed by atoms with van der Waals surface area (Å²) < 4.78 is 10.8. The highest BCUT2D eigenvalue weighted by atomic mass is 16.5. The number of hydrogen-bond acceptors (Lipinski definition) is 5. The van der Waals surface area contributed by atoms with Crippen LogP contribution in [0.15, 0.2) is 48.5 Å². The molecule has 2 amide bonds. The molecule has 1 aliphatic heterocycles. The number of carboxylic acids is 1. The molecule has 2 aromatic rings. The number of ether oxygens (including phenoxy) is 2. The lowest BCUT2D eigenvalue weighted by molar-refractivity contribution is -0.149. The number of aliphatic carboxylic acids is 1. The molecule has 1 aliphatic carbocycles. The molecule has 4 rings (SSSR count). The highest BCUT2D eigenvalue weighted by Gasteiger charge is 2.34. The molecule has 35 heavy (non-hydrogen) atoms. The van der Waals surface area contributed by atoms with Gasteiger partial charge in [-0.2, -0.15) is 0 Å². The summed E-state index contributed by atoms with van der Waals surface area (Å²) in [4.78, 5) is 36.4. The highest BCUT2D eigenvalue weighted by molar-refractivity contribution is 5.80. The van der Waals surface area contributed by atoms with Gasteiger partial charge in [0.05, 0.1) is 0 Å². The van der Waals surface area contributed by atoms with E-state index in [1.165, 1.54) is 0 Å². The Morgan fingerprint density at radius 2 is 1.74 bits per heavy atom. The maximum Gasteiger partial charge on any atom is 0.407 e. The van der Waals surface area contributed by atoms with Crippen molar-refractivity contribution >= 4 is 18.0 Å². The molecule has 186 valence electrons. The minimum absolute atomic E-state index is 0.0307. The summed E-state index contributed by atoms with van der Waals surface area (Å²) in [6.45, 7) is 2.81. The number of fused-ring (bicyclic) bond motifs is 3. The normalized spacial score (nSPS) is 19.5. The zero-order valence-corrected chi connectivity index (χ0v) is 19.9. The average molecular weight is 481 g/mol. The number of carbonyl (C=O) groups is 3. The van der Waals surface area contributed by atoms with Gasteiger partial charge < -0.3 is 25.2 Å². The fourth-order valence-corrected chi connectivity index (χ4v) is 5.04. The first kappa shape index (κ1) is 24.7. The summed E-state index contributed by atoms with van der Waals surface area (Å²) in [5.74, 6) is -1.53. The molecule has 2 aliphatic rings. The Morgan fingerprint density at radius 3 is 2.37 bits per heavy atom. The third-order valence-electron chi connectivity index (χ3n) is 6.75. The third-order valence-corrected chi connectivity index (χ3v) is 6.75. The van der Waals surface area contributed by atoms with E-state index < -0.39 is 18.2 Å². The number of carboxylic acid groups (broad SMARTS) is 1. The van der Waals surface area contributed by atoms with E-state index >= 15 is 0 Å². The van der Waals surface area contributed by atoms with Crippen molar-refractivity contribution in [2.75, 3.05) is 19.8 Å². The maximum absolute atomic E-state index is 12.6. The van der Waals surface area contributed by atoms with Crippen LogP contribution in [0.3, 0.4) is 0 Å². The zero-order chi connectivity index (χ0) is 24.8. The molecule has 1 fully saturated rings. The molecule has 0 radical (unpaired) electrons. The van der Waals surface area contributed by atoms with Crippen molar-refractivity contribution in [3.8, 4) is 11.1 Å². The lowest BCUT2D eigenvalue weighted by Crippen LogP contribution is -2.41. The molecule has 2 aromatic carbocycles. The number of hydrogen-bond donors (Lipinski definition) is 3. The Kier molecular flexibility index (Phi) is 8.02.